The molecule has 1 aromatic carbocycles. The highest BCUT2D eigenvalue weighted by Crippen LogP contribution is 2.31. The molecule has 0 unspecified atom stereocenters. The average molecular weight is 291 g/mol. The summed E-state index contributed by atoms with van der Waals surface area (Å²) >= 11 is 0. The largest absolute Gasteiger partial charge is 0.409 e. The molecule has 1 aliphatic rings. The van der Waals surface area contributed by atoms with Crippen LogP contribution in [0.3, 0.4) is 0 Å². The van der Waals surface area contributed by atoms with Gasteiger partial charge in [0.25, 0.3) is 0 Å². The van der Waals surface area contributed by atoms with Crippen LogP contribution in [0.2, 0.25) is 0 Å². The number of amidine groups is 1. The summed E-state index contributed by atoms with van der Waals surface area (Å²) in [6, 6.07) is 7.85. The predicted octanol–water partition coefficient (Wildman–Crippen LogP) is 1.15. The highest BCUT2D eigenvalue weighted by atomic mass is 16.5. The Hall–Kier alpha value is -2.08. The summed E-state index contributed by atoms with van der Waals surface area (Å²) in [7, 11) is 0. The van der Waals surface area contributed by atoms with E-state index >= 15 is 0 Å². The Morgan fingerprint density at radius 2 is 2.10 bits per heavy atom. The molecule has 1 saturated heterocycles. The molecule has 0 aromatic heterocycles. The molecule has 6 nitrogen and oxygen atoms in total. The Labute approximate surface area is 124 Å². The monoisotopic (exact) mass is 291 g/mol. The molecule has 0 aliphatic carbocycles. The summed E-state index contributed by atoms with van der Waals surface area (Å²) in [5.74, 6) is -0.266. The van der Waals surface area contributed by atoms with Gasteiger partial charge in [-0.3, -0.25) is 4.79 Å². The fourth-order valence-electron chi connectivity index (χ4n) is 2.57. The Balaban J connectivity index is 2.11. The number of aryl methyl sites for hydroxylation is 1. The van der Waals surface area contributed by atoms with Crippen LogP contribution in [0.25, 0.3) is 0 Å². The molecular formula is C15H21N3O3. The Kier molecular flexibility index (Phi) is 4.80. The van der Waals surface area contributed by atoms with E-state index in [2.05, 4.69) is 10.5 Å². The number of benzene rings is 1. The summed E-state index contributed by atoms with van der Waals surface area (Å²) in [5, 5.41) is 14.9. The highest BCUT2D eigenvalue weighted by Gasteiger charge is 2.44. The molecule has 2 rings (SSSR count). The van der Waals surface area contributed by atoms with Crippen LogP contribution in [0.5, 0.6) is 0 Å². The number of hydrogen-bond donors (Lipinski definition) is 3. The molecule has 1 heterocycles. The maximum atomic E-state index is 12.6. The van der Waals surface area contributed by atoms with Gasteiger partial charge in [0.1, 0.15) is 5.41 Å². The van der Waals surface area contributed by atoms with Gasteiger partial charge in [-0.15, -0.1) is 0 Å². The summed E-state index contributed by atoms with van der Waals surface area (Å²) < 4.78 is 5.28. The van der Waals surface area contributed by atoms with Crippen LogP contribution < -0.4 is 11.1 Å². The van der Waals surface area contributed by atoms with E-state index in [1.54, 1.807) is 0 Å². The van der Waals surface area contributed by atoms with Crippen LogP contribution in [-0.4, -0.2) is 30.2 Å². The molecule has 21 heavy (non-hydrogen) atoms. The third-order valence-corrected chi connectivity index (χ3v) is 4.08. The van der Waals surface area contributed by atoms with Crippen molar-refractivity contribution in [2.45, 2.75) is 26.3 Å². The maximum Gasteiger partial charge on any atom is 0.234 e. The van der Waals surface area contributed by atoms with Crippen molar-refractivity contribution in [2.75, 3.05) is 13.2 Å². The minimum Gasteiger partial charge on any atom is -0.409 e. The van der Waals surface area contributed by atoms with Crippen LogP contribution >= 0.6 is 0 Å². The van der Waals surface area contributed by atoms with Crippen molar-refractivity contribution in [3.8, 4) is 0 Å². The zero-order valence-corrected chi connectivity index (χ0v) is 12.1. The minimum atomic E-state index is -0.977. The van der Waals surface area contributed by atoms with E-state index in [4.69, 9.17) is 15.7 Å². The lowest BCUT2D eigenvalue weighted by molar-refractivity contribution is -0.131. The lowest BCUT2D eigenvalue weighted by Gasteiger charge is -2.34. The van der Waals surface area contributed by atoms with Crippen molar-refractivity contribution < 1.29 is 14.7 Å². The summed E-state index contributed by atoms with van der Waals surface area (Å²) in [6.45, 7) is 3.27. The number of nitrogens with two attached hydrogens (primary N) is 1. The normalized spacial score (nSPS) is 18.2. The Bertz CT molecular complexity index is 537. The van der Waals surface area contributed by atoms with Crippen molar-refractivity contribution in [1.29, 1.82) is 0 Å². The van der Waals surface area contributed by atoms with Gasteiger partial charge in [0.05, 0.1) is 0 Å². The third kappa shape index (κ3) is 3.16. The van der Waals surface area contributed by atoms with Gasteiger partial charge in [0, 0.05) is 19.8 Å². The fourth-order valence-corrected chi connectivity index (χ4v) is 2.57. The first-order valence-corrected chi connectivity index (χ1v) is 6.99. The first kappa shape index (κ1) is 15.3. The number of carbonyl (C=O) groups excluding carboxylic acids is 1. The van der Waals surface area contributed by atoms with Gasteiger partial charge in [0.15, 0.2) is 5.84 Å². The number of rotatable bonds is 4. The van der Waals surface area contributed by atoms with Crippen LogP contribution in [0.1, 0.15) is 24.0 Å². The average Bonchev–Trinajstić information content (AvgIpc) is 2.53. The molecule has 1 amide bonds. The van der Waals surface area contributed by atoms with Crippen LogP contribution in [0.15, 0.2) is 29.4 Å². The van der Waals surface area contributed by atoms with Gasteiger partial charge >= 0.3 is 0 Å². The minimum absolute atomic E-state index is 0.0481. The zero-order chi connectivity index (χ0) is 15.3. The van der Waals surface area contributed by atoms with Crippen molar-refractivity contribution in [3.05, 3.63) is 35.4 Å². The Morgan fingerprint density at radius 3 is 2.71 bits per heavy atom. The van der Waals surface area contributed by atoms with Gasteiger partial charge < -0.3 is 21.0 Å². The smallest absolute Gasteiger partial charge is 0.234 e. The molecule has 114 valence electrons. The first-order valence-electron chi connectivity index (χ1n) is 6.99. The summed E-state index contributed by atoms with van der Waals surface area (Å²) in [6.07, 6.45) is 0.838. The zero-order valence-electron chi connectivity index (χ0n) is 12.1. The molecule has 0 saturated carbocycles. The Morgan fingerprint density at radius 1 is 1.43 bits per heavy atom. The van der Waals surface area contributed by atoms with Crippen molar-refractivity contribution in [1.82, 2.24) is 5.32 Å². The fraction of sp³-hybridized carbons (Fsp3) is 0.467. The SMILES string of the molecule is Cc1ccccc1CNC(=O)C1(C(N)=NO)CCOCC1. The summed E-state index contributed by atoms with van der Waals surface area (Å²) in [4.78, 5) is 12.6. The van der Waals surface area contributed by atoms with Gasteiger partial charge in [-0.1, -0.05) is 29.4 Å². The van der Waals surface area contributed by atoms with Gasteiger partial charge in [-0.25, -0.2) is 0 Å². The lowest BCUT2D eigenvalue weighted by Crippen LogP contribution is -2.52. The van der Waals surface area contributed by atoms with E-state index in [-0.39, 0.29) is 11.7 Å². The molecule has 0 radical (unpaired) electrons. The number of ether oxygens (including phenoxy) is 1. The van der Waals surface area contributed by atoms with Crippen LogP contribution in [0.4, 0.5) is 0 Å². The van der Waals surface area contributed by atoms with Crippen LogP contribution in [-0.2, 0) is 16.1 Å². The molecule has 0 spiro atoms. The van der Waals surface area contributed by atoms with E-state index in [0.29, 0.717) is 32.6 Å². The molecule has 0 atom stereocenters. The topological polar surface area (TPSA) is 96.9 Å². The molecule has 1 aromatic rings. The lowest BCUT2D eigenvalue weighted by atomic mass is 9.78. The van der Waals surface area contributed by atoms with E-state index in [1.165, 1.54) is 0 Å². The molecule has 1 fully saturated rings. The maximum absolute atomic E-state index is 12.6. The van der Waals surface area contributed by atoms with E-state index < -0.39 is 5.41 Å². The number of hydrogen-bond acceptors (Lipinski definition) is 4. The van der Waals surface area contributed by atoms with E-state index in [0.717, 1.165) is 11.1 Å². The molecule has 0 bridgehead atoms. The highest BCUT2D eigenvalue weighted by molar-refractivity contribution is 6.06. The summed E-state index contributed by atoms with van der Waals surface area (Å²) in [5.41, 5.74) is 6.95. The second-order valence-electron chi connectivity index (χ2n) is 5.29. The number of oxime groups is 1. The van der Waals surface area contributed by atoms with Crippen molar-refractivity contribution in [3.63, 3.8) is 0 Å². The molecule has 4 N–H and O–H groups in total. The van der Waals surface area contributed by atoms with Gasteiger partial charge in [-0.2, -0.15) is 0 Å². The second kappa shape index (κ2) is 6.58. The number of carbonyl (C=O) groups is 1. The van der Waals surface area contributed by atoms with Crippen LogP contribution in [0, 0.1) is 12.3 Å². The van der Waals surface area contributed by atoms with Gasteiger partial charge in [0.2, 0.25) is 5.91 Å². The van der Waals surface area contributed by atoms with Gasteiger partial charge in [-0.05, 0) is 30.9 Å². The number of nitrogens with one attached hydrogen (secondary N) is 1. The number of amides is 1. The first-order chi connectivity index (χ1) is 10.1. The molecule has 6 heteroatoms. The molecular weight excluding hydrogens is 270 g/mol. The van der Waals surface area contributed by atoms with Crippen molar-refractivity contribution >= 4 is 11.7 Å². The molecule has 1 aliphatic heterocycles. The van der Waals surface area contributed by atoms with E-state index in [1.807, 2.05) is 31.2 Å². The predicted molar refractivity (Wildman–Crippen MR) is 78.9 cm³/mol. The third-order valence-electron chi connectivity index (χ3n) is 4.08. The van der Waals surface area contributed by atoms with Crippen molar-refractivity contribution in [2.24, 2.45) is 16.3 Å². The standard InChI is InChI=1S/C15H21N3O3/c1-11-4-2-3-5-12(11)10-17-14(19)15(13(16)18-20)6-8-21-9-7-15/h2-5,20H,6-10H2,1H3,(H2,16,18)(H,17,19). The quantitative estimate of drug-likeness (QED) is 0.335. The second-order valence-corrected chi connectivity index (χ2v) is 5.29. The number of nitrogens with zero attached hydrogens (tertiary/aromatic N) is 1. The van der Waals surface area contributed by atoms with E-state index in [9.17, 15) is 4.79 Å².